The van der Waals surface area contributed by atoms with E-state index in [1.54, 1.807) is 0 Å². The van der Waals surface area contributed by atoms with Gasteiger partial charge >= 0.3 is 0 Å². The van der Waals surface area contributed by atoms with Crippen molar-refractivity contribution in [3.63, 3.8) is 0 Å². The Morgan fingerprint density at radius 3 is 1.64 bits per heavy atom. The largest absolute Gasteiger partial charge is 0.269 e. The summed E-state index contributed by atoms with van der Waals surface area (Å²) >= 11 is 0. The number of rotatable bonds is 9. The number of nitro groups is 1. The van der Waals surface area contributed by atoms with E-state index in [-0.39, 0.29) is 10.6 Å². The molecule has 0 heterocycles. The molecule has 0 fully saturated rings. The number of allylic oxidation sites excluding steroid dienone is 1. The molecule has 1 atom stereocenters. The summed E-state index contributed by atoms with van der Waals surface area (Å²) in [7, 11) is -4.17. The first-order valence-electron chi connectivity index (χ1n) is 15.2. The highest BCUT2D eigenvalue weighted by Gasteiger charge is 2.50. The van der Waals surface area contributed by atoms with Crippen molar-refractivity contribution in [2.75, 3.05) is 0 Å². The van der Waals surface area contributed by atoms with Crippen LogP contribution in [0.25, 0.3) is 11.1 Å². The lowest BCUT2D eigenvalue weighted by molar-refractivity contribution is -0.384. The molecule has 0 aliphatic heterocycles. The average Bonchev–Trinajstić information content (AvgIpc) is 3.44. The van der Waals surface area contributed by atoms with Gasteiger partial charge in [0, 0.05) is 12.1 Å². The van der Waals surface area contributed by atoms with E-state index in [1.807, 2.05) is 97.1 Å². The second kappa shape index (κ2) is 12.3. The van der Waals surface area contributed by atoms with Crippen LogP contribution in [0.4, 0.5) is 5.69 Å². The SMILES string of the molecule is O=[N+]([O-])c1ccc(S(=O)(=O)NC(C2=C(c3ccccc3)C(c3ccccc3)(c3ccccc3)c3ccccc32)c2ccccc2)cc1. The predicted molar refractivity (Wildman–Crippen MR) is 185 cm³/mol. The first-order chi connectivity index (χ1) is 22.9. The van der Waals surface area contributed by atoms with Crippen molar-refractivity contribution in [1.29, 1.82) is 0 Å². The molecule has 0 saturated heterocycles. The third kappa shape index (κ3) is 5.25. The molecule has 0 radical (unpaired) electrons. The monoisotopic (exact) mass is 634 g/mol. The van der Waals surface area contributed by atoms with E-state index in [4.69, 9.17) is 0 Å². The molecule has 0 amide bonds. The normalized spacial score (nSPS) is 14.4. The minimum atomic E-state index is -4.17. The van der Waals surface area contributed by atoms with Gasteiger partial charge in [-0.2, -0.15) is 4.72 Å². The van der Waals surface area contributed by atoms with Crippen molar-refractivity contribution in [2.45, 2.75) is 16.4 Å². The lowest BCUT2D eigenvalue weighted by atomic mass is 9.65. The van der Waals surface area contributed by atoms with Crippen molar-refractivity contribution in [3.8, 4) is 0 Å². The van der Waals surface area contributed by atoms with Crippen LogP contribution >= 0.6 is 0 Å². The number of hydrogen-bond acceptors (Lipinski definition) is 4. The minimum absolute atomic E-state index is 0.0606. The van der Waals surface area contributed by atoms with E-state index in [0.29, 0.717) is 0 Å². The van der Waals surface area contributed by atoms with Gasteiger partial charge in [0.05, 0.1) is 21.3 Å². The predicted octanol–water partition coefficient (Wildman–Crippen LogP) is 8.57. The number of sulfonamides is 1. The number of non-ortho nitro benzene ring substituents is 1. The van der Waals surface area contributed by atoms with Gasteiger partial charge in [0.25, 0.3) is 5.69 Å². The molecule has 1 unspecified atom stereocenters. The van der Waals surface area contributed by atoms with Gasteiger partial charge in [-0.05, 0) is 56.7 Å². The molecule has 0 bridgehead atoms. The Labute approximate surface area is 273 Å². The summed E-state index contributed by atoms with van der Waals surface area (Å²) in [4.78, 5) is 10.7. The van der Waals surface area contributed by atoms with Gasteiger partial charge in [0.15, 0.2) is 0 Å². The van der Waals surface area contributed by atoms with Crippen molar-refractivity contribution in [1.82, 2.24) is 4.72 Å². The fourth-order valence-corrected chi connectivity index (χ4v) is 8.04. The number of fused-ring (bicyclic) bond motifs is 1. The van der Waals surface area contributed by atoms with Crippen LogP contribution in [0.2, 0.25) is 0 Å². The van der Waals surface area contributed by atoms with Crippen LogP contribution in [0.5, 0.6) is 0 Å². The quantitative estimate of drug-likeness (QED) is 0.127. The smallest absolute Gasteiger partial charge is 0.258 e. The van der Waals surface area contributed by atoms with E-state index >= 15 is 0 Å². The topological polar surface area (TPSA) is 89.3 Å². The molecular formula is C40H30N2O4S. The second-order valence-corrected chi connectivity index (χ2v) is 13.1. The lowest BCUT2D eigenvalue weighted by Gasteiger charge is -2.36. The summed E-state index contributed by atoms with van der Waals surface area (Å²) in [5, 5.41) is 11.3. The molecule has 1 aliphatic rings. The number of hydrogen-bond donors (Lipinski definition) is 1. The highest BCUT2D eigenvalue weighted by molar-refractivity contribution is 7.89. The lowest BCUT2D eigenvalue weighted by Crippen LogP contribution is -2.31. The van der Waals surface area contributed by atoms with Crippen molar-refractivity contribution in [2.24, 2.45) is 0 Å². The summed E-state index contributed by atoms with van der Waals surface area (Å²) in [6, 6.07) is 52.7. The third-order valence-corrected chi connectivity index (χ3v) is 10.2. The summed E-state index contributed by atoms with van der Waals surface area (Å²) in [6.07, 6.45) is 0. The van der Waals surface area contributed by atoms with Crippen LogP contribution < -0.4 is 4.72 Å². The van der Waals surface area contributed by atoms with Gasteiger partial charge in [-0.1, -0.05) is 146 Å². The van der Waals surface area contributed by atoms with Crippen LogP contribution in [-0.2, 0) is 15.4 Å². The van der Waals surface area contributed by atoms with Gasteiger partial charge < -0.3 is 0 Å². The van der Waals surface area contributed by atoms with Crippen LogP contribution in [0, 0.1) is 10.1 Å². The van der Waals surface area contributed by atoms with E-state index in [9.17, 15) is 18.5 Å². The summed E-state index contributed by atoms with van der Waals surface area (Å²) < 4.78 is 31.5. The molecule has 6 nitrogen and oxygen atoms in total. The zero-order valence-corrected chi connectivity index (χ0v) is 26.0. The van der Waals surface area contributed by atoms with Gasteiger partial charge in [-0.25, -0.2) is 8.42 Å². The zero-order chi connectivity index (χ0) is 32.4. The fourth-order valence-electron chi connectivity index (χ4n) is 6.84. The van der Waals surface area contributed by atoms with Crippen molar-refractivity contribution in [3.05, 3.63) is 213 Å². The van der Waals surface area contributed by atoms with Crippen LogP contribution in [0.1, 0.15) is 39.4 Å². The van der Waals surface area contributed by atoms with Crippen LogP contribution in [0.15, 0.2) is 175 Å². The highest BCUT2D eigenvalue weighted by Crippen LogP contribution is 2.60. The number of nitrogens with one attached hydrogen (secondary N) is 1. The van der Waals surface area contributed by atoms with E-state index < -0.39 is 26.4 Å². The first kappa shape index (κ1) is 30.0. The Morgan fingerprint density at radius 2 is 1.09 bits per heavy atom. The molecule has 7 rings (SSSR count). The molecule has 47 heavy (non-hydrogen) atoms. The van der Waals surface area contributed by atoms with Gasteiger partial charge in [-0.15, -0.1) is 0 Å². The van der Waals surface area contributed by atoms with Gasteiger partial charge in [-0.3, -0.25) is 10.1 Å². The maximum atomic E-state index is 14.2. The Morgan fingerprint density at radius 1 is 0.596 bits per heavy atom. The maximum absolute atomic E-state index is 14.2. The Bertz CT molecular complexity index is 2150. The number of nitrogens with zero attached hydrogens (tertiary/aromatic N) is 1. The summed E-state index contributed by atoms with van der Waals surface area (Å²) in [6.45, 7) is 0. The summed E-state index contributed by atoms with van der Waals surface area (Å²) in [5.74, 6) is 0. The van der Waals surface area contributed by atoms with E-state index in [2.05, 4.69) is 53.3 Å². The average molecular weight is 635 g/mol. The highest BCUT2D eigenvalue weighted by atomic mass is 32.2. The van der Waals surface area contributed by atoms with Crippen LogP contribution in [0.3, 0.4) is 0 Å². The second-order valence-electron chi connectivity index (χ2n) is 11.4. The first-order valence-corrected chi connectivity index (χ1v) is 16.7. The molecule has 0 aromatic heterocycles. The van der Waals surface area contributed by atoms with Gasteiger partial charge in [0.2, 0.25) is 10.0 Å². The van der Waals surface area contributed by atoms with E-state index in [1.165, 1.54) is 24.3 Å². The Balaban J connectivity index is 1.58. The summed E-state index contributed by atoms with van der Waals surface area (Å²) in [5.41, 5.74) is 6.62. The van der Waals surface area contributed by atoms with Gasteiger partial charge in [0.1, 0.15) is 0 Å². The Hall–Kier alpha value is -5.63. The standard InChI is InChI=1S/C40H30N2O4S/c43-42(44)33-25-27-34(28-26-33)47(45,46)41-39(30-17-7-2-8-18-30)37-35-23-13-14-24-36(35)40(31-19-9-3-10-20-31,32-21-11-4-12-22-32)38(37)29-15-5-1-6-16-29/h1-28,39,41H. The third-order valence-electron chi connectivity index (χ3n) is 8.79. The molecule has 6 aromatic rings. The van der Waals surface area contributed by atoms with E-state index in [0.717, 1.165) is 44.5 Å². The molecule has 7 heteroatoms. The van der Waals surface area contributed by atoms with Crippen LogP contribution in [-0.4, -0.2) is 13.3 Å². The van der Waals surface area contributed by atoms with Crippen molar-refractivity contribution < 1.29 is 13.3 Å². The zero-order valence-electron chi connectivity index (χ0n) is 25.2. The molecule has 0 spiro atoms. The number of benzene rings is 6. The number of nitro benzene ring substituents is 1. The molecule has 6 aromatic carbocycles. The molecule has 1 N–H and O–H groups in total. The van der Waals surface area contributed by atoms with Crippen molar-refractivity contribution >= 4 is 26.9 Å². The molecule has 1 aliphatic carbocycles. The molecule has 0 saturated carbocycles. The fraction of sp³-hybridized carbons (Fsp3) is 0.0500. The molecular weight excluding hydrogens is 605 g/mol. The Kier molecular flexibility index (Phi) is 7.85. The maximum Gasteiger partial charge on any atom is 0.269 e. The minimum Gasteiger partial charge on any atom is -0.258 e. The molecule has 230 valence electrons.